The standard InChI is InChI=1S/C14H23NO3/c16-13(8-9-14(17)18)15(12-6-7-12)10-11-4-2-1-3-5-11/h11-12H,1-10H2,(H,17,18). The quantitative estimate of drug-likeness (QED) is 0.791. The number of aliphatic carboxylic acids is 1. The van der Waals surface area contributed by atoms with Crippen molar-refractivity contribution in [2.75, 3.05) is 6.54 Å². The van der Waals surface area contributed by atoms with Gasteiger partial charge in [0.15, 0.2) is 0 Å². The summed E-state index contributed by atoms with van der Waals surface area (Å²) in [5, 5.41) is 8.65. The smallest absolute Gasteiger partial charge is 0.303 e. The molecule has 2 saturated carbocycles. The van der Waals surface area contributed by atoms with Crippen LogP contribution in [0.4, 0.5) is 0 Å². The highest BCUT2D eigenvalue weighted by molar-refractivity contribution is 5.81. The third-order valence-corrected chi connectivity index (χ3v) is 4.04. The fourth-order valence-corrected chi connectivity index (χ4v) is 2.85. The Hall–Kier alpha value is -1.06. The van der Waals surface area contributed by atoms with E-state index in [-0.39, 0.29) is 18.7 Å². The van der Waals surface area contributed by atoms with Gasteiger partial charge in [0, 0.05) is 19.0 Å². The van der Waals surface area contributed by atoms with E-state index >= 15 is 0 Å². The molecule has 0 aliphatic heterocycles. The Labute approximate surface area is 108 Å². The zero-order valence-corrected chi connectivity index (χ0v) is 10.9. The topological polar surface area (TPSA) is 57.6 Å². The van der Waals surface area contributed by atoms with Crippen LogP contribution < -0.4 is 0 Å². The van der Waals surface area contributed by atoms with Gasteiger partial charge < -0.3 is 10.0 Å². The first-order valence-electron chi connectivity index (χ1n) is 7.18. The SMILES string of the molecule is O=C(O)CCC(=O)N(CC1CCCCC1)C1CC1. The molecule has 0 aromatic rings. The van der Waals surface area contributed by atoms with Gasteiger partial charge in [-0.1, -0.05) is 19.3 Å². The maximum atomic E-state index is 12.1. The fourth-order valence-electron chi connectivity index (χ4n) is 2.85. The number of hydrogen-bond acceptors (Lipinski definition) is 2. The van der Waals surface area contributed by atoms with Crippen LogP contribution in [0, 0.1) is 5.92 Å². The van der Waals surface area contributed by atoms with Crippen LogP contribution in [-0.4, -0.2) is 34.5 Å². The first-order valence-corrected chi connectivity index (χ1v) is 7.18. The first-order chi connectivity index (χ1) is 8.66. The average molecular weight is 253 g/mol. The molecule has 0 spiro atoms. The molecule has 18 heavy (non-hydrogen) atoms. The van der Waals surface area contributed by atoms with Gasteiger partial charge in [-0.3, -0.25) is 9.59 Å². The molecule has 0 saturated heterocycles. The van der Waals surface area contributed by atoms with Gasteiger partial charge in [-0.2, -0.15) is 0 Å². The van der Waals surface area contributed by atoms with Crippen molar-refractivity contribution in [3.8, 4) is 0 Å². The van der Waals surface area contributed by atoms with Crippen LogP contribution in [0.2, 0.25) is 0 Å². The molecule has 0 aromatic heterocycles. The van der Waals surface area contributed by atoms with E-state index in [9.17, 15) is 9.59 Å². The maximum Gasteiger partial charge on any atom is 0.303 e. The van der Waals surface area contributed by atoms with Gasteiger partial charge in [0.1, 0.15) is 0 Å². The fraction of sp³-hybridized carbons (Fsp3) is 0.857. The Kier molecular flexibility index (Phi) is 4.61. The van der Waals surface area contributed by atoms with E-state index in [0.29, 0.717) is 12.0 Å². The molecule has 0 bridgehead atoms. The van der Waals surface area contributed by atoms with Crippen molar-refractivity contribution < 1.29 is 14.7 Å². The van der Waals surface area contributed by atoms with Crippen molar-refractivity contribution in [2.24, 2.45) is 5.92 Å². The number of carboxylic acid groups (broad SMARTS) is 1. The molecule has 0 aromatic carbocycles. The molecule has 2 aliphatic rings. The molecular weight excluding hydrogens is 230 g/mol. The second-order valence-electron chi connectivity index (χ2n) is 5.68. The van der Waals surface area contributed by atoms with Crippen molar-refractivity contribution >= 4 is 11.9 Å². The summed E-state index contributed by atoms with van der Waals surface area (Å²) in [4.78, 5) is 24.6. The van der Waals surface area contributed by atoms with E-state index in [1.165, 1.54) is 32.1 Å². The second kappa shape index (κ2) is 6.21. The van der Waals surface area contributed by atoms with Crippen molar-refractivity contribution in [1.82, 2.24) is 4.90 Å². The zero-order valence-electron chi connectivity index (χ0n) is 10.9. The third kappa shape index (κ3) is 4.00. The molecule has 2 fully saturated rings. The number of carbonyl (C=O) groups excluding carboxylic acids is 1. The first kappa shape index (κ1) is 13.4. The van der Waals surface area contributed by atoms with Crippen LogP contribution in [-0.2, 0) is 9.59 Å². The number of rotatable bonds is 6. The highest BCUT2D eigenvalue weighted by Gasteiger charge is 2.34. The van der Waals surface area contributed by atoms with E-state index in [0.717, 1.165) is 19.4 Å². The van der Waals surface area contributed by atoms with Crippen LogP contribution >= 0.6 is 0 Å². The van der Waals surface area contributed by atoms with Gasteiger partial charge in [-0.25, -0.2) is 0 Å². The molecule has 0 unspecified atom stereocenters. The molecule has 2 rings (SSSR count). The van der Waals surface area contributed by atoms with Gasteiger partial charge in [0.25, 0.3) is 0 Å². The molecule has 4 nitrogen and oxygen atoms in total. The predicted molar refractivity (Wildman–Crippen MR) is 68.2 cm³/mol. The number of carbonyl (C=O) groups is 2. The monoisotopic (exact) mass is 253 g/mol. The Bertz CT molecular complexity index is 306. The lowest BCUT2D eigenvalue weighted by molar-refractivity contribution is -0.141. The van der Waals surface area contributed by atoms with Crippen LogP contribution in [0.15, 0.2) is 0 Å². The summed E-state index contributed by atoms with van der Waals surface area (Å²) in [5.41, 5.74) is 0. The van der Waals surface area contributed by atoms with Gasteiger partial charge in [0.05, 0.1) is 6.42 Å². The minimum absolute atomic E-state index is 0.0350. The number of nitrogens with zero attached hydrogens (tertiary/aromatic N) is 1. The molecular formula is C14H23NO3. The summed E-state index contributed by atoms with van der Waals surface area (Å²) in [7, 11) is 0. The van der Waals surface area contributed by atoms with E-state index < -0.39 is 5.97 Å². The molecule has 0 radical (unpaired) electrons. The van der Waals surface area contributed by atoms with Gasteiger partial charge in [-0.15, -0.1) is 0 Å². The molecule has 102 valence electrons. The summed E-state index contributed by atoms with van der Waals surface area (Å²) in [6, 6.07) is 0.410. The Balaban J connectivity index is 1.82. The second-order valence-corrected chi connectivity index (χ2v) is 5.68. The summed E-state index contributed by atoms with van der Waals surface area (Å²) in [6.07, 6.45) is 8.69. The normalized spacial score (nSPS) is 20.7. The van der Waals surface area contributed by atoms with Crippen LogP contribution in [0.25, 0.3) is 0 Å². The van der Waals surface area contributed by atoms with E-state index in [1.54, 1.807) is 0 Å². The van der Waals surface area contributed by atoms with Gasteiger partial charge in [-0.05, 0) is 31.6 Å². The Morgan fingerprint density at radius 3 is 2.22 bits per heavy atom. The number of carboxylic acids is 1. The lowest BCUT2D eigenvalue weighted by Crippen LogP contribution is -2.37. The number of hydrogen-bond donors (Lipinski definition) is 1. The average Bonchev–Trinajstić information content (AvgIpc) is 3.18. The molecule has 0 heterocycles. The summed E-state index contributed by atoms with van der Waals surface area (Å²) < 4.78 is 0. The van der Waals surface area contributed by atoms with Crippen LogP contribution in [0.1, 0.15) is 57.8 Å². The molecule has 1 N–H and O–H groups in total. The molecule has 1 amide bonds. The molecule has 0 atom stereocenters. The van der Waals surface area contributed by atoms with E-state index in [1.807, 2.05) is 4.90 Å². The zero-order chi connectivity index (χ0) is 13.0. The minimum Gasteiger partial charge on any atom is -0.481 e. The van der Waals surface area contributed by atoms with Crippen molar-refractivity contribution in [3.63, 3.8) is 0 Å². The van der Waals surface area contributed by atoms with Gasteiger partial charge in [0.2, 0.25) is 5.91 Å². The Morgan fingerprint density at radius 2 is 1.67 bits per heavy atom. The van der Waals surface area contributed by atoms with Crippen LogP contribution in [0.3, 0.4) is 0 Å². The van der Waals surface area contributed by atoms with E-state index in [4.69, 9.17) is 5.11 Å². The maximum absolute atomic E-state index is 12.1. The van der Waals surface area contributed by atoms with E-state index in [2.05, 4.69) is 0 Å². The highest BCUT2D eigenvalue weighted by atomic mass is 16.4. The Morgan fingerprint density at radius 1 is 1.00 bits per heavy atom. The largest absolute Gasteiger partial charge is 0.481 e. The molecule has 2 aliphatic carbocycles. The lowest BCUT2D eigenvalue weighted by Gasteiger charge is -2.30. The van der Waals surface area contributed by atoms with Crippen LogP contribution in [0.5, 0.6) is 0 Å². The third-order valence-electron chi connectivity index (χ3n) is 4.04. The van der Waals surface area contributed by atoms with Gasteiger partial charge >= 0.3 is 5.97 Å². The van der Waals surface area contributed by atoms with Crippen molar-refractivity contribution in [1.29, 1.82) is 0 Å². The minimum atomic E-state index is -0.878. The summed E-state index contributed by atoms with van der Waals surface area (Å²) in [5.74, 6) is -0.185. The predicted octanol–water partition coefficient (Wildman–Crippen LogP) is 2.42. The highest BCUT2D eigenvalue weighted by Crippen LogP contribution is 2.31. The van der Waals surface area contributed by atoms with Crippen molar-refractivity contribution in [3.05, 3.63) is 0 Å². The summed E-state index contributed by atoms with van der Waals surface area (Å²) >= 11 is 0. The number of amides is 1. The molecule has 4 heteroatoms. The lowest BCUT2D eigenvalue weighted by atomic mass is 9.89. The summed E-state index contributed by atoms with van der Waals surface area (Å²) in [6.45, 7) is 0.864. The van der Waals surface area contributed by atoms with Crippen molar-refractivity contribution in [2.45, 2.75) is 63.8 Å².